The van der Waals surface area contributed by atoms with Crippen molar-refractivity contribution in [1.29, 1.82) is 0 Å². The summed E-state index contributed by atoms with van der Waals surface area (Å²) in [6.07, 6.45) is 3.43. The molecule has 91 heavy (non-hydrogen) atoms. The lowest BCUT2D eigenvalue weighted by atomic mass is 10.1. The number of halogens is 4. The van der Waals surface area contributed by atoms with E-state index in [9.17, 15) is 28.0 Å². The van der Waals surface area contributed by atoms with Crippen LogP contribution in [0.15, 0.2) is 161 Å². The van der Waals surface area contributed by atoms with E-state index in [0.29, 0.717) is 85.3 Å². The number of aryl methyl sites for hydroxylation is 4. The molecule has 0 aliphatic carbocycles. The van der Waals surface area contributed by atoms with Crippen molar-refractivity contribution in [2.75, 3.05) is 42.1 Å². The van der Waals surface area contributed by atoms with Gasteiger partial charge in [-0.1, -0.05) is 27.5 Å². The second-order valence-corrected chi connectivity index (χ2v) is 22.8. The molecular weight excluding hydrogens is 1260 g/mol. The number of hydrogen-bond acceptors (Lipinski definition) is 20. The van der Waals surface area contributed by atoms with Gasteiger partial charge in [0.15, 0.2) is 22.2 Å². The molecule has 0 amide bonds. The molecule has 2 aliphatic rings. The van der Waals surface area contributed by atoms with Gasteiger partial charge in [-0.25, -0.2) is 42.2 Å². The van der Waals surface area contributed by atoms with Gasteiger partial charge in [0.05, 0.1) is 63.0 Å². The first-order chi connectivity index (χ1) is 43.5. The number of ketones is 1. The van der Waals surface area contributed by atoms with E-state index in [1.54, 1.807) is 45.7 Å². The summed E-state index contributed by atoms with van der Waals surface area (Å²) in [5, 5.41) is 36.1. The number of alkyl halides is 1. The molecule has 0 bridgehead atoms. The van der Waals surface area contributed by atoms with Crippen molar-refractivity contribution >= 4 is 89.0 Å². The van der Waals surface area contributed by atoms with Crippen LogP contribution >= 0.6 is 27.5 Å². The number of hydrogen-bond donors (Lipinski definition) is 4. The smallest absolute Gasteiger partial charge is 0.347 e. The Hall–Kier alpha value is -9.53. The van der Waals surface area contributed by atoms with Gasteiger partial charge in [-0.3, -0.25) is 4.79 Å². The lowest BCUT2D eigenvalue weighted by Crippen LogP contribution is -2.54. The predicted octanol–water partition coefficient (Wildman–Crippen LogP) is 10.2. The Morgan fingerprint density at radius 2 is 1.03 bits per heavy atom. The molecule has 4 atom stereocenters. The predicted molar refractivity (Wildman–Crippen MR) is 351 cm³/mol. The van der Waals surface area contributed by atoms with Crippen LogP contribution < -0.4 is 43.5 Å². The number of anilines is 2. The number of Topliss-reactive ketones (excluding diaryl/α,β-unsaturated/α-hetero) is 1. The first-order valence-electron chi connectivity index (χ1n) is 28.8. The topological polar surface area (TPSA) is 285 Å². The Kier molecular flexibility index (Phi) is 21.6. The van der Waals surface area contributed by atoms with Crippen LogP contribution in [0.2, 0.25) is 5.15 Å². The molecule has 26 heteroatoms. The van der Waals surface area contributed by atoms with E-state index < -0.39 is 28.5 Å². The Morgan fingerprint density at radius 3 is 1.48 bits per heavy atom. The molecule has 5 N–H and O–H groups in total. The van der Waals surface area contributed by atoms with Gasteiger partial charge in [0, 0.05) is 90.4 Å². The van der Waals surface area contributed by atoms with Crippen LogP contribution in [0.4, 0.5) is 20.3 Å². The number of carbonyl (C=O) groups is 1. The molecule has 2 saturated heterocycles. The van der Waals surface area contributed by atoms with Crippen LogP contribution in [0.5, 0.6) is 0 Å². The number of carbonyl (C=O) groups excluding carboxylic acids is 1. The summed E-state index contributed by atoms with van der Waals surface area (Å²) in [4.78, 5) is 58.8. The number of nitrogen functional groups attached to an aromatic ring is 1. The summed E-state index contributed by atoms with van der Waals surface area (Å²) in [6.45, 7) is 20.4. The third kappa shape index (κ3) is 17.7. The van der Waals surface area contributed by atoms with Gasteiger partial charge in [-0.2, -0.15) is 20.4 Å². The molecule has 2 aliphatic heterocycles. The van der Waals surface area contributed by atoms with Gasteiger partial charge in [-0.15, -0.1) is 10.2 Å². The maximum atomic E-state index is 13.2. The molecule has 2 fully saturated rings. The van der Waals surface area contributed by atoms with E-state index in [2.05, 4.69) is 111 Å². The van der Waals surface area contributed by atoms with Crippen LogP contribution in [0.25, 0.3) is 66.7 Å². The molecule has 9 aromatic heterocycles. The Labute approximate surface area is 533 Å². The minimum Gasteiger partial charge on any atom is -0.422 e. The van der Waals surface area contributed by atoms with Gasteiger partial charge in [0.1, 0.15) is 39.8 Å². The number of aromatic nitrogens is 10. The highest BCUT2D eigenvalue weighted by Gasteiger charge is 2.22. The van der Waals surface area contributed by atoms with Crippen molar-refractivity contribution < 1.29 is 26.8 Å². The highest BCUT2D eigenvalue weighted by Crippen LogP contribution is 2.27. The Morgan fingerprint density at radius 1 is 0.571 bits per heavy atom. The van der Waals surface area contributed by atoms with Crippen molar-refractivity contribution in [3.63, 3.8) is 0 Å². The monoisotopic (exact) mass is 1320 g/mol. The summed E-state index contributed by atoms with van der Waals surface area (Å²) in [7, 11) is 0. The second-order valence-electron chi connectivity index (χ2n) is 21.9. The highest BCUT2D eigenvalue weighted by molar-refractivity contribution is 9.09. The first kappa shape index (κ1) is 65.9. The molecule has 0 radical (unpaired) electrons. The summed E-state index contributed by atoms with van der Waals surface area (Å²) >= 11 is 8.41. The zero-order chi connectivity index (χ0) is 65.0. The van der Waals surface area contributed by atoms with Gasteiger partial charge >= 0.3 is 16.9 Å². The quantitative estimate of drug-likeness (QED) is 0.0708. The SMILES string of the molecule is C[C@@H]1CNC[C@H](C)N1.Cc1ccc(Cl)nn1.Cc1ccc(N)nn1.Cc1ccc2nc(-c3cc4ccc(F)cc4oc3=O)cn2n1.Cc1ccc2nc(-c3cc4ccc(N5C[C@@H](C)N[C@@H](C)C5)cc4oc3=O)cn2n1.O=C(CBr)c1cc2ccc(F)cc2oc1=O. The van der Waals surface area contributed by atoms with Gasteiger partial charge in [0.25, 0.3) is 0 Å². The minimum absolute atomic E-state index is 0.0315. The number of nitrogens with one attached hydrogen (secondary N) is 3. The molecule has 0 unspecified atom stereocenters. The van der Waals surface area contributed by atoms with E-state index in [4.69, 9.17) is 30.6 Å². The normalized spacial score (nSPS) is 16.1. The maximum Gasteiger partial charge on any atom is 0.347 e. The zero-order valence-electron chi connectivity index (χ0n) is 50.9. The van der Waals surface area contributed by atoms with E-state index in [-0.39, 0.29) is 27.8 Å². The largest absolute Gasteiger partial charge is 0.422 e. The number of fused-ring (bicyclic) bond motifs is 5. The van der Waals surface area contributed by atoms with Crippen LogP contribution in [0, 0.1) is 39.3 Å². The summed E-state index contributed by atoms with van der Waals surface area (Å²) in [6, 6.07) is 35.5. The van der Waals surface area contributed by atoms with Crippen LogP contribution in [0.1, 0.15) is 60.8 Å². The van der Waals surface area contributed by atoms with Crippen molar-refractivity contribution in [2.45, 2.75) is 79.6 Å². The van der Waals surface area contributed by atoms with Crippen molar-refractivity contribution in [1.82, 2.24) is 65.5 Å². The molecule has 3 aromatic carbocycles. The summed E-state index contributed by atoms with van der Waals surface area (Å²) < 4.78 is 45.1. The average molecular weight is 1320 g/mol. The Balaban J connectivity index is 0.000000140. The molecule has 12 aromatic rings. The fourth-order valence-corrected chi connectivity index (χ4v) is 10.2. The lowest BCUT2D eigenvalue weighted by Gasteiger charge is -2.37. The van der Waals surface area contributed by atoms with Crippen molar-refractivity contribution in [3.8, 4) is 22.5 Å². The summed E-state index contributed by atoms with van der Waals surface area (Å²) in [5.41, 5.74) is 12.2. The van der Waals surface area contributed by atoms with Crippen LogP contribution in [0.3, 0.4) is 0 Å². The number of benzene rings is 3. The van der Waals surface area contributed by atoms with Crippen LogP contribution in [-0.4, -0.2) is 111 Å². The first-order valence-corrected chi connectivity index (χ1v) is 30.3. The standard InChI is InChI=1S/C22H23N5O2.C16H10FN3O2.C11H6BrFO3.C6H14N2.C5H5ClN2.C5H7N3/c1-13-4-7-21-24-19(12-27(21)25-13)18-8-16-5-6-17(9-20(16)29-22(18)28)26-10-14(2)23-15(3)11-26;1-9-2-5-15-18-13(8-20(15)19-9)12-6-10-3-4-11(17)7-14(10)22-16(12)21;12-5-9(14)8-3-6-1-2-7(13)4-10(6)16-11(8)15;1-5-3-7-4-6(2)8-5;2*1-4-2-3-5(6)8-7-4/h4-9,12,14-15,23H,10-11H2,1-3H3;2-8H,1H3;1-4H,5H2;5-8H,3-4H2,1-2H3;2-3H,1H3;2-3H,1H3,(H2,6,8)/t14-,15+;;;5-,6+;;. The molecule has 0 spiro atoms. The zero-order valence-corrected chi connectivity index (χ0v) is 53.3. The lowest BCUT2D eigenvalue weighted by molar-refractivity contribution is 0.102. The summed E-state index contributed by atoms with van der Waals surface area (Å²) in [5.74, 6) is -0.832. The Bertz CT molecular complexity index is 4620. The molecule has 0 saturated carbocycles. The molecule has 11 heterocycles. The molecular formula is C65H65BrClF2N15O7. The number of nitrogens with zero attached hydrogens (tertiary/aromatic N) is 11. The molecule has 470 valence electrons. The molecule has 14 rings (SSSR count). The fraction of sp³-hybridized carbons (Fsp3) is 0.262. The second kappa shape index (κ2) is 29.9. The van der Waals surface area contributed by atoms with Crippen molar-refractivity contribution in [3.05, 3.63) is 210 Å². The van der Waals surface area contributed by atoms with E-state index in [1.165, 1.54) is 30.3 Å². The maximum absolute atomic E-state index is 13.2. The minimum atomic E-state index is -0.748. The van der Waals surface area contributed by atoms with Gasteiger partial charge < -0.3 is 39.8 Å². The third-order valence-corrected chi connectivity index (χ3v) is 14.7. The van der Waals surface area contributed by atoms with Crippen molar-refractivity contribution in [2.24, 2.45) is 0 Å². The van der Waals surface area contributed by atoms with E-state index >= 15 is 0 Å². The molecule has 22 nitrogen and oxygen atoms in total. The van der Waals surface area contributed by atoms with E-state index in [1.807, 2.05) is 82.3 Å². The fourth-order valence-electron chi connectivity index (χ4n) is 9.75. The number of imidazole rings is 2. The highest BCUT2D eigenvalue weighted by atomic mass is 79.9. The van der Waals surface area contributed by atoms with E-state index in [0.717, 1.165) is 66.1 Å². The third-order valence-electron chi connectivity index (χ3n) is 14.0. The number of piperazine rings is 2. The van der Waals surface area contributed by atoms with Crippen LogP contribution in [-0.2, 0) is 0 Å². The average Bonchev–Trinajstić information content (AvgIpc) is 1.85. The number of nitrogens with two attached hydrogens (primary N) is 1. The van der Waals surface area contributed by atoms with Gasteiger partial charge in [-0.05, 0) is 159 Å². The van der Waals surface area contributed by atoms with Gasteiger partial charge in [0.2, 0.25) is 0 Å². The number of rotatable bonds is 5.